The molecule has 3 N–H and O–H groups in total. The van der Waals surface area contributed by atoms with Gasteiger partial charge in [0.05, 0.1) is 11.4 Å². The molecule has 0 radical (unpaired) electrons. The van der Waals surface area contributed by atoms with Crippen LogP contribution in [0, 0.1) is 6.92 Å². The molecule has 4 rings (SSSR count). The van der Waals surface area contributed by atoms with Crippen molar-refractivity contribution in [2.45, 2.75) is 32.4 Å². The van der Waals surface area contributed by atoms with E-state index in [1.807, 2.05) is 49.4 Å². The number of rotatable bonds is 5. The summed E-state index contributed by atoms with van der Waals surface area (Å²) in [6.07, 6.45) is 0.278. The SMILES string of the molecule is Cc1ccc([C@H]([NH2+]CC(=O)N2c3ccccc3NC(=O)C[C@@H]2C)c2ccccc2)cc1. The Hall–Kier alpha value is -3.44. The number of carbonyl (C=O) groups excluding carboxylic acids is 2. The van der Waals surface area contributed by atoms with Crippen molar-refractivity contribution in [1.29, 1.82) is 0 Å². The van der Waals surface area contributed by atoms with E-state index in [4.69, 9.17) is 0 Å². The van der Waals surface area contributed by atoms with Crippen molar-refractivity contribution in [1.82, 2.24) is 0 Å². The average Bonchev–Trinajstić information content (AvgIpc) is 2.90. The molecule has 0 fully saturated rings. The fourth-order valence-corrected chi connectivity index (χ4v) is 4.18. The van der Waals surface area contributed by atoms with Gasteiger partial charge in [-0.25, -0.2) is 0 Å². The van der Waals surface area contributed by atoms with Crippen LogP contribution in [0.3, 0.4) is 0 Å². The highest BCUT2D eigenvalue weighted by molar-refractivity contribution is 6.04. The fourth-order valence-electron chi connectivity index (χ4n) is 4.18. The third-order valence-electron chi connectivity index (χ3n) is 5.75. The Bertz CT molecular complexity index is 1060. The minimum absolute atomic E-state index is 0.00973. The first kappa shape index (κ1) is 20.8. The molecule has 1 aliphatic heterocycles. The van der Waals surface area contributed by atoms with E-state index in [0.717, 1.165) is 16.8 Å². The van der Waals surface area contributed by atoms with Gasteiger partial charge in [-0.1, -0.05) is 72.3 Å². The van der Waals surface area contributed by atoms with Gasteiger partial charge in [-0.2, -0.15) is 0 Å². The molecule has 3 aromatic carbocycles. The van der Waals surface area contributed by atoms with Gasteiger partial charge in [0.15, 0.2) is 6.54 Å². The van der Waals surface area contributed by atoms with Crippen molar-refractivity contribution in [2.75, 3.05) is 16.8 Å². The highest BCUT2D eigenvalue weighted by Crippen LogP contribution is 2.31. The number of benzene rings is 3. The van der Waals surface area contributed by atoms with Crippen molar-refractivity contribution in [3.63, 3.8) is 0 Å². The summed E-state index contributed by atoms with van der Waals surface area (Å²) in [5, 5.41) is 5.00. The van der Waals surface area contributed by atoms with Gasteiger partial charge < -0.3 is 15.5 Å². The smallest absolute Gasteiger partial charge is 0.282 e. The second kappa shape index (κ2) is 9.14. The number of para-hydroxylation sites is 2. The Morgan fingerprint density at radius 1 is 1.00 bits per heavy atom. The number of aryl methyl sites for hydroxylation is 1. The second-order valence-electron chi connectivity index (χ2n) is 8.12. The van der Waals surface area contributed by atoms with Crippen LogP contribution < -0.4 is 15.5 Å². The quantitative estimate of drug-likeness (QED) is 0.672. The van der Waals surface area contributed by atoms with E-state index in [2.05, 4.69) is 54.0 Å². The van der Waals surface area contributed by atoms with Gasteiger partial charge >= 0.3 is 0 Å². The lowest BCUT2D eigenvalue weighted by molar-refractivity contribution is -0.676. The Labute approximate surface area is 183 Å². The van der Waals surface area contributed by atoms with Crippen LogP contribution in [0.4, 0.5) is 11.4 Å². The van der Waals surface area contributed by atoms with E-state index in [9.17, 15) is 9.59 Å². The zero-order valence-electron chi connectivity index (χ0n) is 17.9. The molecule has 0 unspecified atom stereocenters. The number of carbonyl (C=O) groups is 2. The predicted molar refractivity (Wildman–Crippen MR) is 123 cm³/mol. The first-order chi connectivity index (χ1) is 15.0. The van der Waals surface area contributed by atoms with Gasteiger partial charge in [-0.3, -0.25) is 9.59 Å². The van der Waals surface area contributed by atoms with Crippen LogP contribution in [0.5, 0.6) is 0 Å². The Morgan fingerprint density at radius 3 is 2.39 bits per heavy atom. The minimum atomic E-state index is -0.209. The third kappa shape index (κ3) is 4.67. The molecule has 0 saturated carbocycles. The molecule has 31 heavy (non-hydrogen) atoms. The molecule has 2 amide bonds. The summed E-state index contributed by atoms with van der Waals surface area (Å²) in [6, 6.07) is 26.0. The summed E-state index contributed by atoms with van der Waals surface area (Å²) in [4.78, 5) is 27.4. The van der Waals surface area contributed by atoms with Crippen LogP contribution >= 0.6 is 0 Å². The molecule has 1 aliphatic rings. The number of hydrogen-bond donors (Lipinski definition) is 2. The molecule has 0 saturated heterocycles. The van der Waals surface area contributed by atoms with E-state index in [0.29, 0.717) is 5.69 Å². The van der Waals surface area contributed by atoms with Crippen LogP contribution in [0.25, 0.3) is 0 Å². The topological polar surface area (TPSA) is 66.0 Å². The zero-order valence-corrected chi connectivity index (χ0v) is 17.9. The van der Waals surface area contributed by atoms with Crippen LogP contribution in [0.2, 0.25) is 0 Å². The molecule has 5 nitrogen and oxygen atoms in total. The summed E-state index contributed by atoms with van der Waals surface area (Å²) in [5.74, 6) is -0.0782. The highest BCUT2D eigenvalue weighted by Gasteiger charge is 2.31. The van der Waals surface area contributed by atoms with E-state index in [-0.39, 0.29) is 36.9 Å². The Balaban J connectivity index is 1.59. The first-order valence-corrected chi connectivity index (χ1v) is 10.7. The molecule has 158 valence electrons. The number of fused-ring (bicyclic) bond motifs is 1. The average molecular weight is 415 g/mol. The molecule has 1 heterocycles. The Morgan fingerprint density at radius 2 is 1.65 bits per heavy atom. The molecule has 0 bridgehead atoms. The fraction of sp³-hybridized carbons (Fsp3) is 0.231. The predicted octanol–water partition coefficient (Wildman–Crippen LogP) is 3.41. The summed E-state index contributed by atoms with van der Waals surface area (Å²) in [7, 11) is 0. The van der Waals surface area contributed by atoms with Gasteiger partial charge in [-0.15, -0.1) is 0 Å². The molecule has 3 aromatic rings. The maximum absolute atomic E-state index is 13.4. The van der Waals surface area contributed by atoms with Crippen molar-refractivity contribution in [3.05, 3.63) is 95.6 Å². The molecule has 0 aliphatic carbocycles. The largest absolute Gasteiger partial charge is 0.328 e. The number of nitrogens with zero attached hydrogens (tertiary/aromatic N) is 1. The molecule has 0 spiro atoms. The lowest BCUT2D eigenvalue weighted by Crippen LogP contribution is -2.88. The number of quaternary nitrogens is 1. The summed E-state index contributed by atoms with van der Waals surface area (Å²) in [5.41, 5.74) is 4.96. The second-order valence-corrected chi connectivity index (χ2v) is 8.12. The van der Waals surface area contributed by atoms with Crippen molar-refractivity contribution >= 4 is 23.2 Å². The normalized spacial score (nSPS) is 16.8. The maximum Gasteiger partial charge on any atom is 0.282 e. The highest BCUT2D eigenvalue weighted by atomic mass is 16.2. The summed E-state index contributed by atoms with van der Waals surface area (Å²) >= 11 is 0. The van der Waals surface area contributed by atoms with E-state index in [1.54, 1.807) is 4.90 Å². The molecule has 2 atom stereocenters. The molecule has 0 aromatic heterocycles. The third-order valence-corrected chi connectivity index (χ3v) is 5.75. The van der Waals surface area contributed by atoms with Crippen molar-refractivity contribution in [2.24, 2.45) is 0 Å². The van der Waals surface area contributed by atoms with E-state index < -0.39 is 0 Å². The maximum atomic E-state index is 13.4. The molecule has 5 heteroatoms. The first-order valence-electron chi connectivity index (χ1n) is 10.7. The summed E-state index contributed by atoms with van der Waals surface area (Å²) < 4.78 is 0. The van der Waals surface area contributed by atoms with Gasteiger partial charge in [0.25, 0.3) is 5.91 Å². The Kier molecular flexibility index (Phi) is 6.14. The van der Waals surface area contributed by atoms with Gasteiger partial charge in [0.2, 0.25) is 5.91 Å². The number of hydrogen-bond acceptors (Lipinski definition) is 2. The summed E-state index contributed by atoms with van der Waals surface area (Å²) in [6.45, 7) is 4.27. The van der Waals surface area contributed by atoms with Crippen molar-refractivity contribution in [3.8, 4) is 0 Å². The van der Waals surface area contributed by atoms with Gasteiger partial charge in [-0.05, 0) is 26.0 Å². The van der Waals surface area contributed by atoms with Gasteiger partial charge in [0, 0.05) is 23.6 Å². The van der Waals surface area contributed by atoms with Gasteiger partial charge in [0.1, 0.15) is 6.04 Å². The lowest BCUT2D eigenvalue weighted by atomic mass is 9.98. The van der Waals surface area contributed by atoms with Crippen molar-refractivity contribution < 1.29 is 14.9 Å². The van der Waals surface area contributed by atoms with Crippen LogP contribution in [-0.2, 0) is 9.59 Å². The van der Waals surface area contributed by atoms with Crippen LogP contribution in [-0.4, -0.2) is 24.4 Å². The van der Waals surface area contributed by atoms with E-state index in [1.165, 1.54) is 5.56 Å². The lowest BCUT2D eigenvalue weighted by Gasteiger charge is -2.28. The standard InChI is InChI=1S/C26H27N3O2/c1-18-12-14-21(15-13-18)26(20-8-4-3-5-9-20)27-17-25(31)29-19(2)16-24(30)28-22-10-6-7-11-23(22)29/h3-15,19,26-27H,16-17H2,1-2H3,(H,28,30)/p+1/t19-,26+/m0/s1. The number of nitrogens with one attached hydrogen (secondary N) is 1. The zero-order chi connectivity index (χ0) is 21.8. The number of anilines is 2. The molecular weight excluding hydrogens is 386 g/mol. The van der Waals surface area contributed by atoms with Crippen LogP contribution in [0.1, 0.15) is 36.1 Å². The number of nitrogens with two attached hydrogens (primary N) is 1. The monoisotopic (exact) mass is 414 g/mol. The van der Waals surface area contributed by atoms with Crippen LogP contribution in [0.15, 0.2) is 78.9 Å². The minimum Gasteiger partial charge on any atom is -0.328 e. The van der Waals surface area contributed by atoms with E-state index >= 15 is 0 Å². The molecular formula is C26H28N3O2+. The number of amides is 2.